The van der Waals surface area contributed by atoms with Crippen molar-refractivity contribution >= 4 is 34.7 Å². The fourth-order valence-electron chi connectivity index (χ4n) is 6.09. The predicted octanol–water partition coefficient (Wildman–Crippen LogP) is 10.3. The van der Waals surface area contributed by atoms with Crippen LogP contribution in [0.4, 0.5) is 5.69 Å². The van der Waals surface area contributed by atoms with E-state index in [1.807, 2.05) is 55.5 Å². The molecule has 2 heterocycles. The van der Waals surface area contributed by atoms with Crippen molar-refractivity contribution in [3.63, 3.8) is 0 Å². The van der Waals surface area contributed by atoms with Gasteiger partial charge in [-0.3, -0.25) is 4.79 Å². The number of aliphatic hydroxyl groups is 1. The third-order valence-electron chi connectivity index (χ3n) is 8.95. The number of hydrogen-bond acceptors (Lipinski definition) is 8. The Morgan fingerprint density at radius 2 is 1.53 bits per heavy atom. The Labute approximate surface area is 290 Å². The Bertz CT molecular complexity index is 1320. The van der Waals surface area contributed by atoms with Gasteiger partial charge in [-0.1, -0.05) is 150 Å². The van der Waals surface area contributed by atoms with Crippen LogP contribution in [-0.2, 0) is 20.9 Å². The number of aryl methyl sites for hydroxylation is 1. The summed E-state index contributed by atoms with van der Waals surface area (Å²) in [6, 6.07) is 15.8. The van der Waals surface area contributed by atoms with Gasteiger partial charge in [0.2, 0.25) is 5.91 Å². The molecule has 1 aromatic heterocycles. The first kappa shape index (κ1) is 37.5. The number of carbonyl (C=O) groups is 1. The topological polar surface area (TPSA) is 93.6 Å². The van der Waals surface area contributed by atoms with Crippen LogP contribution in [0.2, 0.25) is 0 Å². The van der Waals surface area contributed by atoms with Crippen molar-refractivity contribution in [2.45, 2.75) is 140 Å². The number of aliphatic hydroxyl groups excluding tert-OH is 1. The average molecular weight is 682 g/mol. The largest absolute Gasteiger partial charge is 0.392 e. The maximum absolute atomic E-state index is 12.8. The molecule has 0 spiro atoms. The highest BCUT2D eigenvalue weighted by molar-refractivity contribution is 8.01. The second-order valence-electron chi connectivity index (χ2n) is 12.9. The van der Waals surface area contributed by atoms with Crippen molar-refractivity contribution in [3.8, 4) is 0 Å². The molecule has 1 aliphatic rings. The fraction of sp³-hybridized carbons (Fsp3) is 0.605. The first-order valence-electron chi connectivity index (χ1n) is 17.8. The molecule has 0 bridgehead atoms. The number of carbonyl (C=O) groups excluding carboxylic acids is 1. The third kappa shape index (κ3) is 12.9. The molecule has 4 atom stereocenters. The predicted molar refractivity (Wildman–Crippen MR) is 194 cm³/mol. The Morgan fingerprint density at radius 3 is 2.15 bits per heavy atom. The first-order valence-corrected chi connectivity index (χ1v) is 19.6. The summed E-state index contributed by atoms with van der Waals surface area (Å²) in [4.78, 5) is 12.8. The first-order chi connectivity index (χ1) is 23.0. The lowest BCUT2D eigenvalue weighted by Gasteiger charge is -2.41. The number of unbranched alkanes of at least 4 members (excludes halogenated alkanes) is 12. The minimum Gasteiger partial charge on any atom is -0.392 e. The molecule has 0 aliphatic carbocycles. The lowest BCUT2D eigenvalue weighted by atomic mass is 9.91. The van der Waals surface area contributed by atoms with Crippen LogP contribution in [0, 0.1) is 12.8 Å². The normalized spacial score (nSPS) is 19.6. The highest BCUT2D eigenvalue weighted by Crippen LogP contribution is 2.43. The summed E-state index contributed by atoms with van der Waals surface area (Å²) in [6.45, 7) is 6.39. The minimum absolute atomic E-state index is 0.00545. The molecule has 1 aliphatic heterocycles. The number of nitrogens with zero attached hydrogens (tertiary/aromatic N) is 2. The van der Waals surface area contributed by atoms with E-state index < -0.39 is 6.29 Å². The van der Waals surface area contributed by atoms with E-state index in [1.165, 1.54) is 70.6 Å². The summed E-state index contributed by atoms with van der Waals surface area (Å²) in [5, 5.41) is 22.0. The summed E-state index contributed by atoms with van der Waals surface area (Å²) < 4.78 is 14.1. The van der Waals surface area contributed by atoms with Crippen LogP contribution in [-0.4, -0.2) is 33.1 Å². The molecule has 1 fully saturated rings. The molecular weight excluding hydrogens is 627 g/mol. The zero-order valence-corrected chi connectivity index (χ0v) is 30.3. The molecule has 4 rings (SSSR count). The van der Waals surface area contributed by atoms with Crippen LogP contribution in [0.3, 0.4) is 0 Å². The third-order valence-corrected chi connectivity index (χ3v) is 11.0. The highest BCUT2D eigenvalue weighted by atomic mass is 32.2. The molecule has 0 saturated carbocycles. The zero-order chi connectivity index (χ0) is 33.3. The number of amides is 1. The molecule has 2 aromatic carbocycles. The van der Waals surface area contributed by atoms with Gasteiger partial charge in [-0.25, -0.2) is 0 Å². The number of nitrogens with one attached hydrogen (secondary N) is 1. The molecular formula is C38H55N3O4S2. The van der Waals surface area contributed by atoms with E-state index in [4.69, 9.17) is 9.47 Å². The zero-order valence-electron chi connectivity index (χ0n) is 28.6. The maximum Gasteiger partial charge on any atom is 0.224 e. The van der Waals surface area contributed by atoms with Gasteiger partial charge in [-0.2, -0.15) is 0 Å². The second-order valence-corrected chi connectivity index (χ2v) is 15.3. The van der Waals surface area contributed by atoms with E-state index in [1.54, 1.807) is 23.1 Å². The lowest BCUT2D eigenvalue weighted by Crippen LogP contribution is -2.38. The van der Waals surface area contributed by atoms with E-state index in [9.17, 15) is 9.90 Å². The van der Waals surface area contributed by atoms with Crippen molar-refractivity contribution < 1.29 is 19.4 Å². The van der Waals surface area contributed by atoms with Gasteiger partial charge in [0.15, 0.2) is 10.6 Å². The van der Waals surface area contributed by atoms with Gasteiger partial charge in [-0.15, -0.1) is 10.2 Å². The van der Waals surface area contributed by atoms with Gasteiger partial charge >= 0.3 is 0 Å². The molecule has 1 saturated heterocycles. The van der Waals surface area contributed by atoms with Gasteiger partial charge < -0.3 is 19.9 Å². The number of hydrogen-bond donors (Lipinski definition) is 2. The van der Waals surface area contributed by atoms with Crippen molar-refractivity contribution in [1.29, 1.82) is 0 Å². The fourth-order valence-corrected chi connectivity index (χ4v) is 8.10. The molecule has 258 valence electrons. The minimum atomic E-state index is -0.589. The van der Waals surface area contributed by atoms with Gasteiger partial charge in [0, 0.05) is 29.3 Å². The number of benzene rings is 2. The molecule has 4 unspecified atom stereocenters. The number of rotatable bonds is 21. The Morgan fingerprint density at radius 1 is 0.872 bits per heavy atom. The van der Waals surface area contributed by atoms with Crippen molar-refractivity contribution in [3.05, 3.63) is 70.2 Å². The van der Waals surface area contributed by atoms with E-state index >= 15 is 0 Å². The molecule has 47 heavy (non-hydrogen) atoms. The average Bonchev–Trinajstić information content (AvgIpc) is 3.51. The van der Waals surface area contributed by atoms with E-state index in [2.05, 4.69) is 29.4 Å². The Hall–Kier alpha value is -2.30. The van der Waals surface area contributed by atoms with Gasteiger partial charge in [0.05, 0.1) is 18.8 Å². The van der Waals surface area contributed by atoms with Crippen LogP contribution < -0.4 is 5.32 Å². The number of ether oxygens (including phenoxy) is 2. The van der Waals surface area contributed by atoms with Crippen LogP contribution >= 0.6 is 23.1 Å². The number of thioether (sulfide) groups is 1. The Balaban J connectivity index is 1.25. The summed E-state index contributed by atoms with van der Waals surface area (Å²) in [7, 11) is 0. The Kier molecular flexibility index (Phi) is 16.7. The van der Waals surface area contributed by atoms with Crippen LogP contribution in [0.5, 0.6) is 0 Å². The second kappa shape index (κ2) is 20.9. The molecule has 7 nitrogen and oxygen atoms in total. The quantitative estimate of drug-likeness (QED) is 0.0854. The standard InChI is InChI=1S/C38H55N3O4S2/c1-4-5-6-7-8-9-10-11-12-13-14-15-16-20-35(43)39-33-19-17-18-32(25-33)37-44-34(27-46-38-41-40-29(3)47-38)28(2)36(45-37)31-23-21-30(26-42)22-24-31/h17-19,21-25,28,34,36-37,42H,4-16,20,26-27H2,1-3H3,(H,39,43). The van der Waals surface area contributed by atoms with Crippen molar-refractivity contribution in [1.82, 2.24) is 10.2 Å². The van der Waals surface area contributed by atoms with Gasteiger partial charge in [-0.05, 0) is 36.6 Å². The summed E-state index contributed by atoms with van der Waals surface area (Å²) in [5.74, 6) is 0.847. The summed E-state index contributed by atoms with van der Waals surface area (Å²) in [6.07, 6.45) is 16.4. The maximum atomic E-state index is 12.8. The molecule has 3 aromatic rings. The monoisotopic (exact) mass is 681 g/mol. The SMILES string of the molecule is CCCCCCCCCCCCCCCC(=O)Nc1cccc(C2OC(CSc3nnc(C)s3)C(C)C(c3ccc(CO)cc3)O2)c1. The van der Waals surface area contributed by atoms with Gasteiger partial charge in [0.25, 0.3) is 0 Å². The molecule has 9 heteroatoms. The van der Waals surface area contributed by atoms with E-state index in [-0.39, 0.29) is 30.6 Å². The van der Waals surface area contributed by atoms with E-state index in [0.717, 1.165) is 50.3 Å². The number of anilines is 1. The lowest BCUT2D eigenvalue weighted by molar-refractivity contribution is -0.268. The van der Waals surface area contributed by atoms with Crippen LogP contribution in [0.25, 0.3) is 0 Å². The number of aromatic nitrogens is 2. The van der Waals surface area contributed by atoms with Crippen molar-refractivity contribution in [2.24, 2.45) is 5.92 Å². The highest BCUT2D eigenvalue weighted by Gasteiger charge is 2.38. The molecule has 2 N–H and O–H groups in total. The molecule has 0 radical (unpaired) electrons. The summed E-state index contributed by atoms with van der Waals surface area (Å²) >= 11 is 3.25. The summed E-state index contributed by atoms with van der Waals surface area (Å²) in [5.41, 5.74) is 3.54. The molecule has 1 amide bonds. The van der Waals surface area contributed by atoms with Crippen LogP contribution in [0.15, 0.2) is 52.9 Å². The van der Waals surface area contributed by atoms with Crippen LogP contribution in [0.1, 0.15) is 138 Å². The van der Waals surface area contributed by atoms with Crippen molar-refractivity contribution in [2.75, 3.05) is 11.1 Å². The smallest absolute Gasteiger partial charge is 0.224 e. The van der Waals surface area contributed by atoms with E-state index in [0.29, 0.717) is 6.42 Å². The van der Waals surface area contributed by atoms with Gasteiger partial charge in [0.1, 0.15) is 5.01 Å².